The van der Waals surface area contributed by atoms with Crippen molar-refractivity contribution in [2.24, 2.45) is 0 Å². The van der Waals surface area contributed by atoms with Crippen LogP contribution in [0.3, 0.4) is 0 Å². The Morgan fingerprint density at radius 3 is 2.96 bits per heavy atom. The van der Waals surface area contributed by atoms with Crippen molar-refractivity contribution in [2.45, 2.75) is 30.8 Å². The number of aromatic hydroxyl groups is 1. The van der Waals surface area contributed by atoms with E-state index in [9.17, 15) is 18.3 Å². The van der Waals surface area contributed by atoms with Gasteiger partial charge in [-0.3, -0.25) is 4.90 Å². The van der Waals surface area contributed by atoms with Gasteiger partial charge in [-0.25, -0.2) is 17.9 Å². The molecule has 9 heteroatoms. The number of carbonyl (C=O) groups is 1. The van der Waals surface area contributed by atoms with E-state index in [0.717, 1.165) is 38.6 Å². The Morgan fingerprint density at radius 1 is 1.37 bits per heavy atom. The number of sulfonamides is 1. The monoisotopic (exact) mass is 394 g/mol. The number of phenolic OH excluding ortho intramolecular Hbond substituents is 1. The molecule has 2 fully saturated rings. The molecule has 0 bridgehead atoms. The van der Waals surface area contributed by atoms with Crippen LogP contribution in [0.15, 0.2) is 18.2 Å². The number of amides is 2. The van der Waals surface area contributed by atoms with E-state index in [0.29, 0.717) is 18.8 Å². The molecule has 148 valence electrons. The van der Waals surface area contributed by atoms with Crippen LogP contribution in [0.5, 0.6) is 5.75 Å². The number of benzene rings is 1. The molecule has 2 amide bonds. The highest BCUT2D eigenvalue weighted by Crippen LogP contribution is 2.44. The van der Waals surface area contributed by atoms with Crippen molar-refractivity contribution in [3.05, 3.63) is 29.3 Å². The molecule has 2 saturated heterocycles. The standard InChI is InChI=1S/C18H26N4O4S/c1-27(25,26)20-6-9-22-17(24)19-12-18(22)5-8-21-7-4-13-10-14(23)2-3-15(13)16(21)11-18/h2-3,10,16,20,23H,4-9,11-12H2,1H3,(H,19,24). The van der Waals surface area contributed by atoms with Gasteiger partial charge in [0.05, 0.1) is 11.8 Å². The lowest BCUT2D eigenvalue weighted by atomic mass is 9.77. The van der Waals surface area contributed by atoms with Gasteiger partial charge in [-0.05, 0) is 42.5 Å². The van der Waals surface area contributed by atoms with E-state index in [1.807, 2.05) is 17.0 Å². The highest BCUT2D eigenvalue weighted by atomic mass is 32.2. The number of carbonyl (C=O) groups excluding carboxylic acids is 1. The van der Waals surface area contributed by atoms with Gasteiger partial charge in [0.15, 0.2) is 0 Å². The molecule has 3 N–H and O–H groups in total. The first-order valence-corrected chi connectivity index (χ1v) is 11.2. The van der Waals surface area contributed by atoms with Gasteiger partial charge >= 0.3 is 6.03 Å². The van der Waals surface area contributed by atoms with Gasteiger partial charge in [-0.2, -0.15) is 0 Å². The summed E-state index contributed by atoms with van der Waals surface area (Å²) >= 11 is 0. The summed E-state index contributed by atoms with van der Waals surface area (Å²) in [5, 5.41) is 12.8. The van der Waals surface area contributed by atoms with Gasteiger partial charge in [-0.15, -0.1) is 0 Å². The lowest BCUT2D eigenvalue weighted by Gasteiger charge is -2.50. The topological polar surface area (TPSA) is 102 Å². The molecule has 8 nitrogen and oxygen atoms in total. The molecular formula is C18H26N4O4S. The second kappa shape index (κ2) is 6.65. The summed E-state index contributed by atoms with van der Waals surface area (Å²) in [5.74, 6) is 0.291. The van der Waals surface area contributed by atoms with Crippen molar-refractivity contribution in [3.63, 3.8) is 0 Å². The molecule has 1 spiro atoms. The maximum atomic E-state index is 12.4. The first kappa shape index (κ1) is 18.5. The van der Waals surface area contributed by atoms with E-state index in [1.54, 1.807) is 6.07 Å². The van der Waals surface area contributed by atoms with Crippen LogP contribution in [-0.2, 0) is 16.4 Å². The van der Waals surface area contributed by atoms with Crippen LogP contribution < -0.4 is 10.0 Å². The minimum Gasteiger partial charge on any atom is -0.508 e. The van der Waals surface area contributed by atoms with Crippen LogP contribution >= 0.6 is 0 Å². The lowest BCUT2D eigenvalue weighted by Crippen LogP contribution is -2.57. The zero-order valence-corrected chi connectivity index (χ0v) is 16.3. The molecule has 3 aliphatic rings. The van der Waals surface area contributed by atoms with Gasteiger partial charge in [0.1, 0.15) is 5.75 Å². The average molecular weight is 394 g/mol. The van der Waals surface area contributed by atoms with E-state index in [4.69, 9.17) is 0 Å². The quantitative estimate of drug-likeness (QED) is 0.686. The first-order valence-electron chi connectivity index (χ1n) is 9.33. The Morgan fingerprint density at radius 2 is 2.19 bits per heavy atom. The number of nitrogens with one attached hydrogen (secondary N) is 2. The summed E-state index contributed by atoms with van der Waals surface area (Å²) in [6.07, 6.45) is 3.73. The molecule has 3 heterocycles. The summed E-state index contributed by atoms with van der Waals surface area (Å²) in [7, 11) is -3.28. The van der Waals surface area contributed by atoms with Crippen molar-refractivity contribution in [1.29, 1.82) is 0 Å². The Kier molecular flexibility index (Phi) is 4.56. The smallest absolute Gasteiger partial charge is 0.318 e. The third kappa shape index (κ3) is 3.51. The average Bonchev–Trinajstić information content (AvgIpc) is 2.90. The number of hydrogen-bond donors (Lipinski definition) is 3. The predicted octanol–water partition coefficient (Wildman–Crippen LogP) is 0.398. The summed E-state index contributed by atoms with van der Waals surface area (Å²) in [4.78, 5) is 16.7. The Hall–Kier alpha value is -1.84. The molecule has 2 unspecified atom stereocenters. The summed E-state index contributed by atoms with van der Waals surface area (Å²) in [6.45, 7) is 3.01. The highest BCUT2D eigenvalue weighted by molar-refractivity contribution is 7.88. The summed E-state index contributed by atoms with van der Waals surface area (Å²) in [6, 6.07) is 5.66. The number of urea groups is 1. The molecular weight excluding hydrogens is 368 g/mol. The van der Waals surface area contributed by atoms with Gasteiger partial charge < -0.3 is 15.3 Å². The second-order valence-electron chi connectivity index (χ2n) is 7.84. The zero-order valence-electron chi connectivity index (χ0n) is 15.4. The number of fused-ring (bicyclic) bond motifs is 3. The SMILES string of the molecule is CS(=O)(=O)NCCN1C(=O)NCC12CCN1CCc3cc(O)ccc3C1C2. The van der Waals surface area contributed by atoms with Gasteiger partial charge in [-0.1, -0.05) is 6.07 Å². The fraction of sp³-hybridized carbons (Fsp3) is 0.611. The van der Waals surface area contributed by atoms with Crippen molar-refractivity contribution in [2.75, 3.05) is 39.0 Å². The number of piperidine rings is 1. The molecule has 4 rings (SSSR count). The fourth-order valence-electron chi connectivity index (χ4n) is 4.80. The molecule has 1 aromatic rings. The molecule has 0 saturated carbocycles. The predicted molar refractivity (Wildman–Crippen MR) is 101 cm³/mol. The maximum Gasteiger partial charge on any atom is 0.318 e. The van der Waals surface area contributed by atoms with Crippen LogP contribution in [0.1, 0.15) is 30.0 Å². The molecule has 2 atom stereocenters. The Balaban J connectivity index is 1.56. The van der Waals surface area contributed by atoms with Crippen LogP contribution in [0.25, 0.3) is 0 Å². The minimum absolute atomic E-state index is 0.125. The molecule has 27 heavy (non-hydrogen) atoms. The molecule has 0 aromatic heterocycles. The summed E-state index contributed by atoms with van der Waals surface area (Å²) in [5.41, 5.74) is 2.10. The molecule has 0 aliphatic carbocycles. The molecule has 1 aromatic carbocycles. The lowest BCUT2D eigenvalue weighted by molar-refractivity contribution is 0.0311. The maximum absolute atomic E-state index is 12.4. The Labute approximate surface area is 159 Å². The number of nitrogens with zero attached hydrogens (tertiary/aromatic N) is 2. The second-order valence-corrected chi connectivity index (χ2v) is 9.67. The fourth-order valence-corrected chi connectivity index (χ4v) is 5.27. The third-order valence-corrected chi connectivity index (χ3v) is 6.85. The van der Waals surface area contributed by atoms with Crippen molar-refractivity contribution in [1.82, 2.24) is 19.8 Å². The highest BCUT2D eigenvalue weighted by Gasteiger charge is 2.50. The first-order chi connectivity index (χ1) is 12.8. The van der Waals surface area contributed by atoms with Gasteiger partial charge in [0, 0.05) is 38.8 Å². The third-order valence-electron chi connectivity index (χ3n) is 6.12. The van der Waals surface area contributed by atoms with Crippen LogP contribution in [0.4, 0.5) is 4.79 Å². The van der Waals surface area contributed by atoms with Crippen LogP contribution in [0.2, 0.25) is 0 Å². The minimum atomic E-state index is -3.28. The van der Waals surface area contributed by atoms with Gasteiger partial charge in [0.25, 0.3) is 0 Å². The van der Waals surface area contributed by atoms with Crippen molar-refractivity contribution in [3.8, 4) is 5.75 Å². The number of hydrogen-bond acceptors (Lipinski definition) is 5. The zero-order chi connectivity index (χ0) is 19.2. The number of phenols is 1. The summed E-state index contributed by atoms with van der Waals surface area (Å²) < 4.78 is 25.2. The van der Waals surface area contributed by atoms with Crippen LogP contribution in [0, 0.1) is 0 Å². The van der Waals surface area contributed by atoms with Crippen molar-refractivity contribution >= 4 is 16.1 Å². The molecule has 3 aliphatic heterocycles. The van der Waals surface area contributed by atoms with E-state index in [2.05, 4.69) is 14.9 Å². The normalized spacial score (nSPS) is 28.1. The van der Waals surface area contributed by atoms with Crippen molar-refractivity contribution < 1.29 is 18.3 Å². The van der Waals surface area contributed by atoms with Gasteiger partial charge in [0.2, 0.25) is 10.0 Å². The van der Waals surface area contributed by atoms with Crippen LogP contribution in [-0.4, -0.2) is 73.9 Å². The van der Waals surface area contributed by atoms with E-state index in [1.165, 1.54) is 11.1 Å². The van der Waals surface area contributed by atoms with E-state index >= 15 is 0 Å². The van der Waals surface area contributed by atoms with E-state index in [-0.39, 0.29) is 24.2 Å². The largest absolute Gasteiger partial charge is 0.508 e. The Bertz CT molecular complexity index is 859. The number of rotatable bonds is 4. The van der Waals surface area contributed by atoms with E-state index < -0.39 is 10.0 Å². The molecule has 0 radical (unpaired) electrons.